The van der Waals surface area contributed by atoms with Crippen molar-refractivity contribution in [2.24, 2.45) is 0 Å². The predicted octanol–water partition coefficient (Wildman–Crippen LogP) is 4.37. The van der Waals surface area contributed by atoms with Gasteiger partial charge in [0.1, 0.15) is 10.5 Å². The molecule has 1 unspecified atom stereocenters. The van der Waals surface area contributed by atoms with Crippen molar-refractivity contribution in [3.8, 4) is 0 Å². The van der Waals surface area contributed by atoms with Crippen LogP contribution in [0.4, 0.5) is 0 Å². The molecule has 0 rings (SSSR count). The van der Waals surface area contributed by atoms with Gasteiger partial charge in [-0.3, -0.25) is 0 Å². The second-order valence-electron chi connectivity index (χ2n) is 5.24. The van der Waals surface area contributed by atoms with Crippen LogP contribution < -0.4 is 0 Å². The number of hydrogen-bond acceptors (Lipinski definition) is 1. The molecule has 0 spiro atoms. The molecule has 0 aromatic heterocycles. The highest BCUT2D eigenvalue weighted by Gasteiger charge is 2.02. The molecule has 104 valence electrons. The van der Waals surface area contributed by atoms with Crippen LogP contribution in [0.15, 0.2) is 0 Å². The van der Waals surface area contributed by atoms with E-state index in [0.29, 0.717) is 6.10 Å². The van der Waals surface area contributed by atoms with Gasteiger partial charge >= 0.3 is 0 Å². The van der Waals surface area contributed by atoms with Crippen LogP contribution >= 0.6 is 0 Å². The summed E-state index contributed by atoms with van der Waals surface area (Å²) in [4.78, 5) is 0. The molecule has 0 aliphatic carbocycles. The zero-order valence-corrected chi connectivity index (χ0v) is 14.5. The molecule has 1 atom stereocenters. The molecule has 0 amide bonds. The fraction of sp³-hybridized carbons (Fsp3) is 1.00. The molecule has 0 saturated carbocycles. The zero-order chi connectivity index (χ0) is 12.8. The van der Waals surface area contributed by atoms with Crippen molar-refractivity contribution in [1.82, 2.24) is 0 Å². The summed E-state index contributed by atoms with van der Waals surface area (Å²) in [5.74, 6) is 0. The van der Waals surface area contributed by atoms with E-state index >= 15 is 0 Å². The summed E-state index contributed by atoms with van der Waals surface area (Å²) in [5.41, 5.74) is 0. The second kappa shape index (κ2) is 14.2. The molecule has 0 aromatic rings. The number of hydrogen-bond donors (Lipinski definition) is 0. The van der Waals surface area contributed by atoms with Crippen molar-refractivity contribution in [1.29, 1.82) is 0 Å². The van der Waals surface area contributed by atoms with Gasteiger partial charge in [-0.15, -0.1) is 0 Å². The lowest BCUT2D eigenvalue weighted by atomic mass is 10.0. The van der Waals surface area contributed by atoms with Gasteiger partial charge in [-0.25, -0.2) is 0 Å². The summed E-state index contributed by atoms with van der Waals surface area (Å²) in [6.45, 7) is 4.52. The summed E-state index contributed by atoms with van der Waals surface area (Å²) in [6, 6.07) is 0. The van der Waals surface area contributed by atoms with Crippen molar-refractivity contribution < 1.29 is 4.43 Å². The third kappa shape index (κ3) is 12.4. The average Bonchev–Trinajstić information content (AvgIpc) is 2.36. The lowest BCUT2D eigenvalue weighted by molar-refractivity contribution is 0.200. The average molecular weight is 259 g/mol. The number of rotatable bonds is 13. The fourth-order valence-electron chi connectivity index (χ4n) is 2.35. The quantitative estimate of drug-likeness (QED) is 0.352. The Morgan fingerprint density at radius 3 is 1.65 bits per heavy atom. The van der Waals surface area contributed by atoms with Crippen LogP contribution in [-0.4, -0.2) is 16.6 Å². The first kappa shape index (κ1) is 17.2. The van der Waals surface area contributed by atoms with Crippen LogP contribution in [0.5, 0.6) is 0 Å². The Labute approximate surface area is 112 Å². The highest BCUT2D eigenvalue weighted by Crippen LogP contribution is 2.13. The van der Waals surface area contributed by atoms with Crippen molar-refractivity contribution in [3.05, 3.63) is 0 Å². The Morgan fingerprint density at radius 1 is 0.765 bits per heavy atom. The van der Waals surface area contributed by atoms with E-state index in [2.05, 4.69) is 13.8 Å². The van der Waals surface area contributed by atoms with E-state index in [1.165, 1.54) is 77.0 Å². The Kier molecular flexibility index (Phi) is 14.4. The first-order chi connectivity index (χ1) is 8.35. The molecule has 0 N–H and O–H groups in total. The minimum Gasteiger partial charge on any atom is -0.425 e. The normalized spacial score (nSPS) is 13.1. The van der Waals surface area contributed by atoms with Crippen molar-refractivity contribution in [2.75, 3.05) is 0 Å². The van der Waals surface area contributed by atoms with Crippen LogP contribution in [0.3, 0.4) is 0 Å². The molecule has 2 heteroatoms. The molecule has 0 radical (unpaired) electrons. The molecule has 0 aliphatic rings. The topological polar surface area (TPSA) is 9.23 Å². The first-order valence-corrected chi connectivity index (χ1v) is 8.69. The fourth-order valence-corrected chi connectivity index (χ4v) is 2.92. The maximum absolute atomic E-state index is 5.52. The van der Waals surface area contributed by atoms with Crippen molar-refractivity contribution in [2.45, 2.75) is 97.0 Å². The Bertz CT molecular complexity index is 135. The first-order valence-electron chi connectivity index (χ1n) is 7.87. The largest absolute Gasteiger partial charge is 0.425 e. The Hall–Kier alpha value is 0.177. The van der Waals surface area contributed by atoms with E-state index in [4.69, 9.17) is 4.43 Å². The van der Waals surface area contributed by atoms with E-state index in [-0.39, 0.29) is 0 Å². The molecule has 17 heavy (non-hydrogen) atoms. The minimum atomic E-state index is 0.565. The zero-order valence-electron chi connectivity index (χ0n) is 12.5. The molecule has 0 aliphatic heterocycles. The molecular weight excluding hydrogens is 224 g/mol. The third-order valence-corrected chi connectivity index (χ3v) is 4.33. The van der Waals surface area contributed by atoms with Gasteiger partial charge in [-0.2, -0.15) is 0 Å². The van der Waals surface area contributed by atoms with E-state index < -0.39 is 0 Å². The summed E-state index contributed by atoms with van der Waals surface area (Å²) < 4.78 is 5.52. The van der Waals surface area contributed by atoms with Crippen LogP contribution in [0.1, 0.15) is 90.9 Å². The van der Waals surface area contributed by atoms with E-state index in [1.807, 2.05) is 0 Å². The monoisotopic (exact) mass is 258 g/mol. The van der Waals surface area contributed by atoms with Crippen LogP contribution in [0.2, 0.25) is 0 Å². The van der Waals surface area contributed by atoms with E-state index in [0.717, 1.165) is 10.5 Å². The maximum atomic E-state index is 5.52. The standard InChI is InChI=1S/C15H34OSi/c1-3-5-6-7-8-9-10-11-12-13-14-15(4-2)16-17/h15H,3-14H2,1-2,17H3. The van der Waals surface area contributed by atoms with Gasteiger partial charge in [0.25, 0.3) is 0 Å². The van der Waals surface area contributed by atoms with Gasteiger partial charge in [0, 0.05) is 6.10 Å². The third-order valence-electron chi connectivity index (χ3n) is 3.67. The lowest BCUT2D eigenvalue weighted by Crippen LogP contribution is -2.09. The van der Waals surface area contributed by atoms with Crippen molar-refractivity contribution in [3.63, 3.8) is 0 Å². The lowest BCUT2D eigenvalue weighted by Gasteiger charge is -2.12. The van der Waals surface area contributed by atoms with Gasteiger partial charge in [-0.1, -0.05) is 78.1 Å². The molecule has 0 heterocycles. The number of unbranched alkanes of at least 4 members (excludes halogenated alkanes) is 9. The van der Waals surface area contributed by atoms with E-state index in [9.17, 15) is 0 Å². The predicted molar refractivity (Wildman–Crippen MR) is 81.6 cm³/mol. The highest BCUT2D eigenvalue weighted by molar-refractivity contribution is 5.98. The molecule has 0 fully saturated rings. The van der Waals surface area contributed by atoms with Gasteiger partial charge in [0.15, 0.2) is 0 Å². The smallest absolute Gasteiger partial charge is 0.146 e. The molecule has 0 bridgehead atoms. The summed E-state index contributed by atoms with van der Waals surface area (Å²) >= 11 is 0. The van der Waals surface area contributed by atoms with Gasteiger partial charge in [-0.05, 0) is 12.8 Å². The van der Waals surface area contributed by atoms with Crippen LogP contribution in [-0.2, 0) is 4.43 Å². The molecule has 0 saturated heterocycles. The highest BCUT2D eigenvalue weighted by atomic mass is 28.2. The Balaban J connectivity index is 3.03. The van der Waals surface area contributed by atoms with Crippen LogP contribution in [0.25, 0.3) is 0 Å². The SMILES string of the molecule is CCCCCCCCCCCCC(CC)O[SiH3]. The molecular formula is C15H34OSi. The minimum absolute atomic E-state index is 0.565. The Morgan fingerprint density at radius 2 is 1.24 bits per heavy atom. The molecule has 1 nitrogen and oxygen atoms in total. The second-order valence-corrected chi connectivity index (χ2v) is 5.71. The van der Waals surface area contributed by atoms with Crippen LogP contribution in [0, 0.1) is 0 Å². The van der Waals surface area contributed by atoms with Gasteiger partial charge < -0.3 is 4.43 Å². The van der Waals surface area contributed by atoms with E-state index in [1.54, 1.807) is 0 Å². The summed E-state index contributed by atoms with van der Waals surface area (Å²) in [7, 11) is 0.903. The van der Waals surface area contributed by atoms with Gasteiger partial charge in [0.05, 0.1) is 0 Å². The molecule has 0 aromatic carbocycles. The van der Waals surface area contributed by atoms with Gasteiger partial charge in [0.2, 0.25) is 0 Å². The maximum Gasteiger partial charge on any atom is 0.146 e. The summed E-state index contributed by atoms with van der Waals surface area (Å²) in [6.07, 6.45) is 17.3. The summed E-state index contributed by atoms with van der Waals surface area (Å²) in [5, 5.41) is 0. The van der Waals surface area contributed by atoms with Crippen molar-refractivity contribution >= 4 is 10.5 Å².